The minimum absolute atomic E-state index is 0.0987. The third-order valence-corrected chi connectivity index (χ3v) is 6.33. The first kappa shape index (κ1) is 23.7. The number of hydrogen-bond donors (Lipinski definition) is 2. The number of likely N-dealkylation sites (tertiary alicyclic amines) is 1. The summed E-state index contributed by atoms with van der Waals surface area (Å²) in [5, 5.41) is 5.94. The average Bonchev–Trinajstić information content (AvgIpc) is 3.36. The molecule has 176 valence electrons. The van der Waals surface area contributed by atoms with Crippen molar-refractivity contribution < 1.29 is 9.59 Å². The zero-order valence-corrected chi connectivity index (χ0v) is 19.8. The lowest BCUT2D eigenvalue weighted by atomic mass is 9.98. The van der Waals surface area contributed by atoms with Gasteiger partial charge in [0.2, 0.25) is 11.8 Å². The third-order valence-electron chi connectivity index (χ3n) is 6.33. The highest BCUT2D eigenvalue weighted by Gasteiger charge is 2.17. The van der Waals surface area contributed by atoms with Gasteiger partial charge in [0.05, 0.1) is 12.5 Å². The second-order valence-corrected chi connectivity index (χ2v) is 8.98. The van der Waals surface area contributed by atoms with Crippen LogP contribution >= 0.6 is 0 Å². The van der Waals surface area contributed by atoms with Gasteiger partial charge in [-0.2, -0.15) is 0 Å². The largest absolute Gasteiger partial charge is 0.352 e. The number of amides is 2. The minimum atomic E-state index is -0.350. The molecule has 0 aromatic heterocycles. The summed E-state index contributed by atoms with van der Waals surface area (Å²) in [6.07, 6.45) is 2.79. The summed E-state index contributed by atoms with van der Waals surface area (Å²) in [7, 11) is 0. The van der Waals surface area contributed by atoms with Gasteiger partial charge in [-0.05, 0) is 53.7 Å². The van der Waals surface area contributed by atoms with Crippen LogP contribution in [0.25, 0.3) is 11.1 Å². The molecule has 1 unspecified atom stereocenters. The summed E-state index contributed by atoms with van der Waals surface area (Å²) in [5.74, 6) is -0.251. The summed E-state index contributed by atoms with van der Waals surface area (Å²) in [5.41, 5.74) is 5.59. The second kappa shape index (κ2) is 11.6. The van der Waals surface area contributed by atoms with Crippen molar-refractivity contribution in [3.05, 3.63) is 95.6 Å². The monoisotopic (exact) mass is 455 g/mol. The Hall–Kier alpha value is -3.44. The first-order valence-corrected chi connectivity index (χ1v) is 12.1. The Kier molecular flexibility index (Phi) is 8.10. The Balaban J connectivity index is 1.39. The minimum Gasteiger partial charge on any atom is -0.352 e. The zero-order valence-electron chi connectivity index (χ0n) is 19.8. The van der Waals surface area contributed by atoms with E-state index < -0.39 is 0 Å². The van der Waals surface area contributed by atoms with Crippen LogP contribution in [0, 0.1) is 0 Å². The van der Waals surface area contributed by atoms with Crippen molar-refractivity contribution in [3.63, 3.8) is 0 Å². The predicted octanol–water partition coefficient (Wildman–Crippen LogP) is 4.83. The normalized spacial score (nSPS) is 14.5. The van der Waals surface area contributed by atoms with Crippen LogP contribution in [0.5, 0.6) is 0 Å². The van der Waals surface area contributed by atoms with Gasteiger partial charge in [0.1, 0.15) is 0 Å². The Bertz CT molecular complexity index is 1090. The quantitative estimate of drug-likeness (QED) is 0.486. The van der Waals surface area contributed by atoms with Crippen LogP contribution in [0.2, 0.25) is 0 Å². The van der Waals surface area contributed by atoms with Gasteiger partial charge in [0.25, 0.3) is 0 Å². The number of carbonyl (C=O) groups excluding carboxylic acids is 2. The molecule has 5 heteroatoms. The summed E-state index contributed by atoms with van der Waals surface area (Å²) in [4.78, 5) is 26.9. The van der Waals surface area contributed by atoms with Crippen molar-refractivity contribution in [2.75, 3.05) is 13.1 Å². The first-order chi connectivity index (χ1) is 16.6. The van der Waals surface area contributed by atoms with E-state index in [9.17, 15) is 9.59 Å². The molecule has 1 saturated heterocycles. The van der Waals surface area contributed by atoms with E-state index in [1.54, 1.807) is 0 Å². The number of benzene rings is 3. The molecule has 1 aliphatic heterocycles. The molecule has 2 N–H and O–H groups in total. The Morgan fingerprint density at radius 3 is 2.26 bits per heavy atom. The Morgan fingerprint density at radius 1 is 0.882 bits per heavy atom. The number of nitrogens with one attached hydrogen (secondary N) is 2. The van der Waals surface area contributed by atoms with E-state index in [0.717, 1.165) is 28.8 Å². The lowest BCUT2D eigenvalue weighted by Gasteiger charge is -2.18. The first-order valence-electron chi connectivity index (χ1n) is 12.1. The molecule has 1 atom stereocenters. The zero-order chi connectivity index (χ0) is 23.8. The molecule has 4 rings (SSSR count). The van der Waals surface area contributed by atoms with E-state index in [-0.39, 0.29) is 24.3 Å². The lowest BCUT2D eigenvalue weighted by Crippen LogP contribution is -2.32. The van der Waals surface area contributed by atoms with Crippen LogP contribution in [0.3, 0.4) is 0 Å². The van der Waals surface area contributed by atoms with Crippen molar-refractivity contribution in [2.24, 2.45) is 0 Å². The molecule has 2 amide bonds. The molecule has 0 spiro atoms. The molecule has 1 aliphatic rings. The van der Waals surface area contributed by atoms with Gasteiger partial charge in [0.15, 0.2) is 0 Å². The average molecular weight is 456 g/mol. The van der Waals surface area contributed by atoms with Crippen molar-refractivity contribution in [3.8, 4) is 11.1 Å². The number of rotatable bonds is 9. The van der Waals surface area contributed by atoms with Crippen molar-refractivity contribution in [1.29, 1.82) is 0 Å². The highest BCUT2D eigenvalue weighted by molar-refractivity contribution is 5.79. The van der Waals surface area contributed by atoms with E-state index in [4.69, 9.17) is 0 Å². The molecule has 0 saturated carbocycles. The van der Waals surface area contributed by atoms with Gasteiger partial charge >= 0.3 is 0 Å². The standard InChI is InChI=1S/C29H33N3O2/c1-22(33)31-28(25-9-3-2-4-10-25)19-29(34)30-20-26-11-5-6-12-27(26)24-15-13-23(14-16-24)21-32-17-7-8-18-32/h2-6,9-16,28H,7-8,17-21H2,1H3,(H,30,34)(H,31,33). The smallest absolute Gasteiger partial charge is 0.222 e. The molecule has 0 radical (unpaired) electrons. The van der Waals surface area contributed by atoms with Crippen LogP contribution in [-0.4, -0.2) is 29.8 Å². The topological polar surface area (TPSA) is 61.4 Å². The van der Waals surface area contributed by atoms with Crippen LogP contribution < -0.4 is 10.6 Å². The van der Waals surface area contributed by atoms with Gasteiger partial charge in [0, 0.05) is 20.0 Å². The molecular formula is C29H33N3O2. The van der Waals surface area contributed by atoms with Crippen LogP contribution in [0.15, 0.2) is 78.9 Å². The van der Waals surface area contributed by atoms with Crippen molar-refractivity contribution in [2.45, 2.75) is 45.3 Å². The van der Waals surface area contributed by atoms with E-state index in [1.165, 1.54) is 38.4 Å². The molecule has 1 fully saturated rings. The molecule has 0 bridgehead atoms. The van der Waals surface area contributed by atoms with E-state index in [2.05, 4.69) is 51.9 Å². The Labute approximate surface area is 202 Å². The van der Waals surface area contributed by atoms with Crippen LogP contribution in [-0.2, 0) is 22.7 Å². The lowest BCUT2D eigenvalue weighted by molar-refractivity contribution is -0.122. The second-order valence-electron chi connectivity index (χ2n) is 8.98. The van der Waals surface area contributed by atoms with Crippen LogP contribution in [0.4, 0.5) is 0 Å². The Morgan fingerprint density at radius 2 is 1.56 bits per heavy atom. The van der Waals surface area contributed by atoms with E-state index in [1.807, 2.05) is 42.5 Å². The highest BCUT2D eigenvalue weighted by atomic mass is 16.2. The number of nitrogens with zero attached hydrogens (tertiary/aromatic N) is 1. The fourth-order valence-corrected chi connectivity index (χ4v) is 4.58. The van der Waals surface area contributed by atoms with Gasteiger partial charge in [-0.15, -0.1) is 0 Å². The third kappa shape index (κ3) is 6.55. The van der Waals surface area contributed by atoms with Crippen molar-refractivity contribution in [1.82, 2.24) is 15.5 Å². The highest BCUT2D eigenvalue weighted by Crippen LogP contribution is 2.25. The maximum absolute atomic E-state index is 12.8. The fraction of sp³-hybridized carbons (Fsp3) is 0.310. The fourth-order valence-electron chi connectivity index (χ4n) is 4.58. The van der Waals surface area contributed by atoms with E-state index in [0.29, 0.717) is 6.54 Å². The molecule has 3 aromatic rings. The summed E-state index contributed by atoms with van der Waals surface area (Å²) >= 11 is 0. The maximum Gasteiger partial charge on any atom is 0.222 e. The van der Waals surface area contributed by atoms with Gasteiger partial charge < -0.3 is 10.6 Å². The molecule has 0 aliphatic carbocycles. The van der Waals surface area contributed by atoms with Gasteiger partial charge in [-0.1, -0.05) is 78.9 Å². The SMILES string of the molecule is CC(=O)NC(CC(=O)NCc1ccccc1-c1ccc(CN2CCCC2)cc1)c1ccccc1. The maximum atomic E-state index is 12.8. The van der Waals surface area contributed by atoms with Gasteiger partial charge in [-0.25, -0.2) is 0 Å². The molecule has 34 heavy (non-hydrogen) atoms. The summed E-state index contributed by atoms with van der Waals surface area (Å²) in [6, 6.07) is 26.2. The number of hydrogen-bond acceptors (Lipinski definition) is 3. The van der Waals surface area contributed by atoms with Crippen LogP contribution in [0.1, 0.15) is 48.9 Å². The summed E-state index contributed by atoms with van der Waals surface area (Å²) in [6.45, 7) is 5.30. The number of carbonyl (C=O) groups is 2. The van der Waals surface area contributed by atoms with E-state index >= 15 is 0 Å². The molecule has 3 aromatic carbocycles. The molecule has 5 nitrogen and oxygen atoms in total. The van der Waals surface area contributed by atoms with Gasteiger partial charge in [-0.3, -0.25) is 14.5 Å². The molecule has 1 heterocycles. The predicted molar refractivity (Wildman–Crippen MR) is 136 cm³/mol. The molecular weight excluding hydrogens is 422 g/mol. The van der Waals surface area contributed by atoms with Crippen molar-refractivity contribution >= 4 is 11.8 Å². The summed E-state index contributed by atoms with van der Waals surface area (Å²) < 4.78 is 0.